The van der Waals surface area contributed by atoms with Crippen LogP contribution in [0.5, 0.6) is 11.5 Å². The summed E-state index contributed by atoms with van der Waals surface area (Å²) >= 11 is 6.00. The van der Waals surface area contributed by atoms with E-state index in [4.69, 9.17) is 11.6 Å². The van der Waals surface area contributed by atoms with Crippen molar-refractivity contribution in [3.05, 3.63) is 57.1 Å². The quantitative estimate of drug-likeness (QED) is 0.545. The lowest BCUT2D eigenvalue weighted by molar-refractivity contribution is -0.139. The van der Waals surface area contributed by atoms with Gasteiger partial charge in [-0.15, -0.1) is 0 Å². The second kappa shape index (κ2) is 5.65. The molecule has 2 aromatic rings. The van der Waals surface area contributed by atoms with Crippen molar-refractivity contribution in [2.45, 2.75) is 6.42 Å². The minimum absolute atomic E-state index is 0.107. The number of phenols is 2. The van der Waals surface area contributed by atoms with Gasteiger partial charge in [-0.3, -0.25) is 14.4 Å². The van der Waals surface area contributed by atoms with Gasteiger partial charge in [0.15, 0.2) is 11.6 Å². The van der Waals surface area contributed by atoms with Crippen molar-refractivity contribution in [3.63, 3.8) is 0 Å². The number of halogens is 1. The van der Waals surface area contributed by atoms with Gasteiger partial charge in [0.1, 0.15) is 11.5 Å². The molecule has 122 valence electrons. The van der Waals surface area contributed by atoms with Crippen molar-refractivity contribution in [3.8, 4) is 11.5 Å². The standard InChI is InChI=1S/C17H11ClO6/c1-24-10(19)6-9-13(18)17(23)12-11(16(9)22)14(20)7-4-2-3-5-8(7)15(12)21/h2-5,22-23H,6H2,1H3. The van der Waals surface area contributed by atoms with Crippen molar-refractivity contribution in [2.24, 2.45) is 0 Å². The van der Waals surface area contributed by atoms with Crippen molar-refractivity contribution >= 4 is 29.1 Å². The zero-order valence-corrected chi connectivity index (χ0v) is 13.2. The summed E-state index contributed by atoms with van der Waals surface area (Å²) in [5.74, 6) is -3.22. The van der Waals surface area contributed by atoms with Gasteiger partial charge in [-0.1, -0.05) is 35.9 Å². The average molecular weight is 347 g/mol. The number of esters is 1. The lowest BCUT2D eigenvalue weighted by Gasteiger charge is -2.22. The molecule has 0 atom stereocenters. The van der Waals surface area contributed by atoms with E-state index in [1.165, 1.54) is 12.1 Å². The number of carbonyl (C=O) groups is 3. The van der Waals surface area contributed by atoms with Crippen LogP contribution in [0.3, 0.4) is 0 Å². The first-order valence-corrected chi connectivity index (χ1v) is 7.27. The fourth-order valence-electron chi connectivity index (χ4n) is 2.71. The first-order valence-electron chi connectivity index (χ1n) is 6.90. The lowest BCUT2D eigenvalue weighted by atomic mass is 9.81. The molecule has 0 bridgehead atoms. The highest BCUT2D eigenvalue weighted by Crippen LogP contribution is 2.45. The predicted molar refractivity (Wildman–Crippen MR) is 83.8 cm³/mol. The number of ether oxygens (including phenoxy) is 1. The molecule has 0 unspecified atom stereocenters. The largest absolute Gasteiger partial charge is 0.507 e. The molecule has 0 saturated carbocycles. The molecule has 0 aromatic heterocycles. The van der Waals surface area contributed by atoms with Gasteiger partial charge in [-0.25, -0.2) is 0 Å². The number of phenolic OH excluding ortho intramolecular Hbond substituents is 2. The summed E-state index contributed by atoms with van der Waals surface area (Å²) in [6, 6.07) is 6.06. The fourth-order valence-corrected chi connectivity index (χ4v) is 2.96. The van der Waals surface area contributed by atoms with Crippen molar-refractivity contribution < 1.29 is 29.3 Å². The van der Waals surface area contributed by atoms with Gasteiger partial charge in [0, 0.05) is 16.7 Å². The van der Waals surface area contributed by atoms with Crippen LogP contribution in [0.1, 0.15) is 37.4 Å². The molecule has 0 aliphatic heterocycles. The summed E-state index contributed by atoms with van der Waals surface area (Å²) in [6.07, 6.45) is -0.453. The van der Waals surface area contributed by atoms with E-state index in [9.17, 15) is 24.6 Å². The Hall–Kier alpha value is -2.86. The normalized spacial score (nSPS) is 12.6. The van der Waals surface area contributed by atoms with E-state index in [1.807, 2.05) is 0 Å². The van der Waals surface area contributed by atoms with E-state index in [0.29, 0.717) is 0 Å². The van der Waals surface area contributed by atoms with Crippen LogP contribution in [0, 0.1) is 0 Å². The van der Waals surface area contributed by atoms with E-state index in [1.54, 1.807) is 12.1 Å². The molecule has 7 heteroatoms. The highest BCUT2D eigenvalue weighted by atomic mass is 35.5. The Morgan fingerprint density at radius 1 is 1.04 bits per heavy atom. The Bertz CT molecular complexity index is 916. The zero-order chi connectivity index (χ0) is 17.6. The van der Waals surface area contributed by atoms with Crippen LogP contribution in [-0.2, 0) is 16.0 Å². The summed E-state index contributed by atoms with van der Waals surface area (Å²) in [7, 11) is 1.15. The van der Waals surface area contributed by atoms with Crippen LogP contribution >= 0.6 is 11.6 Å². The molecule has 0 saturated heterocycles. The third-order valence-corrected chi connectivity index (χ3v) is 4.31. The molecule has 3 rings (SSSR count). The summed E-state index contributed by atoms with van der Waals surface area (Å²) in [4.78, 5) is 36.7. The summed E-state index contributed by atoms with van der Waals surface area (Å²) in [6.45, 7) is 0. The van der Waals surface area contributed by atoms with Crippen molar-refractivity contribution in [2.75, 3.05) is 7.11 Å². The SMILES string of the molecule is COC(=O)Cc1c(O)c2c(c(O)c1Cl)C(=O)c1ccccc1C2=O. The smallest absolute Gasteiger partial charge is 0.310 e. The number of fused-ring (bicyclic) bond motifs is 2. The molecule has 2 aromatic carbocycles. The van der Waals surface area contributed by atoms with E-state index in [0.717, 1.165) is 7.11 Å². The monoisotopic (exact) mass is 346 g/mol. The van der Waals surface area contributed by atoms with E-state index in [-0.39, 0.29) is 32.8 Å². The van der Waals surface area contributed by atoms with Crippen LogP contribution in [-0.4, -0.2) is 34.9 Å². The molecule has 0 amide bonds. The number of benzene rings is 2. The predicted octanol–water partition coefficient (Wildman–Crippen LogP) is 2.24. The molecule has 0 radical (unpaired) electrons. The number of rotatable bonds is 2. The molecule has 24 heavy (non-hydrogen) atoms. The van der Waals surface area contributed by atoms with Gasteiger partial charge in [0.25, 0.3) is 0 Å². The van der Waals surface area contributed by atoms with Gasteiger partial charge in [-0.05, 0) is 0 Å². The Morgan fingerprint density at radius 2 is 1.54 bits per heavy atom. The molecule has 2 N–H and O–H groups in total. The van der Waals surface area contributed by atoms with E-state index in [2.05, 4.69) is 4.74 Å². The molecule has 1 aliphatic carbocycles. The maximum atomic E-state index is 12.7. The van der Waals surface area contributed by atoms with Gasteiger partial charge in [0.05, 0.1) is 29.7 Å². The van der Waals surface area contributed by atoms with E-state index < -0.39 is 35.5 Å². The Balaban J connectivity index is 2.31. The van der Waals surface area contributed by atoms with Crippen LogP contribution in [0.25, 0.3) is 0 Å². The fraction of sp³-hybridized carbons (Fsp3) is 0.118. The topological polar surface area (TPSA) is 101 Å². The number of carbonyl (C=O) groups excluding carboxylic acids is 3. The number of aromatic hydroxyl groups is 2. The molecule has 0 heterocycles. The van der Waals surface area contributed by atoms with Crippen LogP contribution < -0.4 is 0 Å². The third kappa shape index (κ3) is 2.15. The van der Waals surface area contributed by atoms with Crippen LogP contribution in [0.15, 0.2) is 24.3 Å². The summed E-state index contributed by atoms with van der Waals surface area (Å²) in [5, 5.41) is 20.3. The zero-order valence-electron chi connectivity index (χ0n) is 12.4. The number of hydrogen-bond acceptors (Lipinski definition) is 6. The van der Waals surface area contributed by atoms with Crippen molar-refractivity contribution in [1.29, 1.82) is 0 Å². The molecular formula is C17H11ClO6. The second-order valence-corrected chi connectivity index (χ2v) is 5.57. The maximum Gasteiger partial charge on any atom is 0.310 e. The van der Waals surface area contributed by atoms with Gasteiger partial charge >= 0.3 is 5.97 Å². The molecule has 6 nitrogen and oxygen atoms in total. The summed E-state index contributed by atoms with van der Waals surface area (Å²) < 4.78 is 4.51. The molecular weight excluding hydrogens is 336 g/mol. The lowest BCUT2D eigenvalue weighted by Crippen LogP contribution is -2.22. The number of hydrogen-bond donors (Lipinski definition) is 2. The second-order valence-electron chi connectivity index (χ2n) is 5.20. The van der Waals surface area contributed by atoms with Gasteiger partial charge in [0.2, 0.25) is 0 Å². The maximum absolute atomic E-state index is 12.7. The minimum atomic E-state index is -0.721. The third-order valence-electron chi connectivity index (χ3n) is 3.90. The first-order chi connectivity index (χ1) is 11.4. The van der Waals surface area contributed by atoms with Crippen molar-refractivity contribution in [1.82, 2.24) is 0 Å². The number of methoxy groups -OCH3 is 1. The Labute approximate surface area is 141 Å². The Kier molecular flexibility index (Phi) is 3.77. The van der Waals surface area contributed by atoms with Crippen LogP contribution in [0.4, 0.5) is 0 Å². The molecule has 0 fully saturated rings. The minimum Gasteiger partial charge on any atom is -0.507 e. The molecule has 1 aliphatic rings. The number of ketones is 2. The highest BCUT2D eigenvalue weighted by Gasteiger charge is 2.37. The molecule has 0 spiro atoms. The van der Waals surface area contributed by atoms with E-state index >= 15 is 0 Å². The first kappa shape index (κ1) is 16.0. The van der Waals surface area contributed by atoms with Crippen LogP contribution in [0.2, 0.25) is 5.02 Å². The average Bonchev–Trinajstić information content (AvgIpc) is 2.59. The van der Waals surface area contributed by atoms with Gasteiger partial charge < -0.3 is 14.9 Å². The van der Waals surface area contributed by atoms with Gasteiger partial charge in [-0.2, -0.15) is 0 Å². The Morgan fingerprint density at radius 3 is 2.04 bits per heavy atom. The summed E-state index contributed by atoms with van der Waals surface area (Å²) in [5.41, 5.74) is -0.674. The highest BCUT2D eigenvalue weighted by molar-refractivity contribution is 6.37.